The van der Waals surface area contributed by atoms with Crippen LogP contribution >= 0.6 is 0 Å². The predicted octanol–water partition coefficient (Wildman–Crippen LogP) is 4.83. The van der Waals surface area contributed by atoms with E-state index in [4.69, 9.17) is 4.74 Å². The molecule has 2 aromatic carbocycles. The van der Waals surface area contributed by atoms with Crippen LogP contribution < -0.4 is 0 Å². The molecule has 0 N–H and O–H groups in total. The van der Waals surface area contributed by atoms with Crippen LogP contribution in [0.15, 0.2) is 84.3 Å². The van der Waals surface area contributed by atoms with Crippen molar-refractivity contribution >= 4 is 21.9 Å². The smallest absolute Gasteiger partial charge is 0.303 e. The van der Waals surface area contributed by atoms with E-state index >= 15 is 0 Å². The topological polar surface area (TPSA) is 60.4 Å². The molecule has 0 aliphatic rings. The summed E-state index contributed by atoms with van der Waals surface area (Å²) < 4.78 is 32.1. The van der Waals surface area contributed by atoms with Gasteiger partial charge in [-0.1, -0.05) is 60.7 Å². The zero-order valence-electron chi connectivity index (χ0n) is 16.0. The molecule has 148 valence electrons. The fourth-order valence-electron chi connectivity index (χ4n) is 2.95. The monoisotopic (exact) mass is 398 g/mol. The van der Waals surface area contributed by atoms with Crippen LogP contribution in [0.2, 0.25) is 0 Å². The van der Waals surface area contributed by atoms with Gasteiger partial charge in [0, 0.05) is 6.92 Å². The van der Waals surface area contributed by atoms with Gasteiger partial charge in [-0.25, -0.2) is 8.42 Å². The molecule has 2 atom stereocenters. The molecule has 2 rings (SSSR count). The van der Waals surface area contributed by atoms with Crippen molar-refractivity contribution < 1.29 is 17.9 Å². The Labute approximate surface area is 167 Å². The van der Waals surface area contributed by atoms with Gasteiger partial charge in [0.15, 0.2) is 9.84 Å². The first-order chi connectivity index (χ1) is 13.4. The van der Waals surface area contributed by atoms with E-state index in [0.717, 1.165) is 5.56 Å². The highest BCUT2D eigenvalue weighted by Crippen LogP contribution is 2.26. The molecular weight excluding hydrogens is 372 g/mol. The van der Waals surface area contributed by atoms with Crippen LogP contribution in [-0.4, -0.2) is 25.7 Å². The van der Waals surface area contributed by atoms with E-state index in [2.05, 4.69) is 6.58 Å². The molecule has 0 heterocycles. The largest absolute Gasteiger partial charge is 0.457 e. The molecular formula is C23H26O4S. The second-order valence-electron chi connectivity index (χ2n) is 6.46. The average molecular weight is 399 g/mol. The van der Waals surface area contributed by atoms with E-state index in [-0.39, 0.29) is 4.90 Å². The zero-order valence-corrected chi connectivity index (χ0v) is 16.8. The quantitative estimate of drug-likeness (QED) is 0.327. The lowest BCUT2D eigenvalue weighted by Gasteiger charge is -2.24. The van der Waals surface area contributed by atoms with Crippen LogP contribution in [0.1, 0.15) is 31.7 Å². The van der Waals surface area contributed by atoms with Gasteiger partial charge in [-0.3, -0.25) is 4.79 Å². The van der Waals surface area contributed by atoms with Gasteiger partial charge in [-0.2, -0.15) is 0 Å². The Morgan fingerprint density at radius 1 is 1.07 bits per heavy atom. The molecule has 0 saturated carbocycles. The van der Waals surface area contributed by atoms with Crippen molar-refractivity contribution in [3.63, 3.8) is 0 Å². The van der Waals surface area contributed by atoms with Crippen LogP contribution in [0.3, 0.4) is 0 Å². The van der Waals surface area contributed by atoms with Gasteiger partial charge in [-0.15, -0.1) is 6.58 Å². The first-order valence-electron chi connectivity index (χ1n) is 9.25. The molecule has 28 heavy (non-hydrogen) atoms. The predicted molar refractivity (Wildman–Crippen MR) is 112 cm³/mol. The second-order valence-corrected chi connectivity index (χ2v) is 8.63. The fraction of sp³-hybridized carbons (Fsp3) is 0.261. The average Bonchev–Trinajstić information content (AvgIpc) is 2.70. The number of ether oxygens (including phenoxy) is 1. The lowest BCUT2D eigenvalue weighted by atomic mass is 10.1. The maximum Gasteiger partial charge on any atom is 0.303 e. The van der Waals surface area contributed by atoms with Gasteiger partial charge in [-0.05, 0) is 43.0 Å². The van der Waals surface area contributed by atoms with Gasteiger partial charge >= 0.3 is 5.97 Å². The maximum atomic E-state index is 13.3. The summed E-state index contributed by atoms with van der Waals surface area (Å²) in [4.78, 5) is 11.9. The van der Waals surface area contributed by atoms with Crippen molar-refractivity contribution in [1.82, 2.24) is 0 Å². The van der Waals surface area contributed by atoms with Gasteiger partial charge in [0.2, 0.25) is 0 Å². The van der Waals surface area contributed by atoms with Crippen molar-refractivity contribution in [2.24, 2.45) is 0 Å². The summed E-state index contributed by atoms with van der Waals surface area (Å²) in [6.45, 7) is 4.99. The molecule has 2 aromatic rings. The van der Waals surface area contributed by atoms with Gasteiger partial charge in [0.1, 0.15) is 11.4 Å². The molecule has 0 fully saturated rings. The fourth-order valence-corrected chi connectivity index (χ4v) is 4.81. The van der Waals surface area contributed by atoms with E-state index in [1.165, 1.54) is 6.92 Å². The highest BCUT2D eigenvalue weighted by molar-refractivity contribution is 7.92. The molecule has 5 heteroatoms. The molecule has 0 aliphatic carbocycles. The number of carbonyl (C=O) groups excluding carboxylic acids is 1. The molecule has 0 spiro atoms. The highest BCUT2D eigenvalue weighted by Gasteiger charge is 2.35. The minimum atomic E-state index is -3.69. The van der Waals surface area contributed by atoms with Gasteiger partial charge in [0.05, 0.1) is 4.90 Å². The van der Waals surface area contributed by atoms with Crippen LogP contribution in [0.5, 0.6) is 0 Å². The summed E-state index contributed by atoms with van der Waals surface area (Å²) in [6.07, 6.45) is 6.01. The lowest BCUT2D eigenvalue weighted by Crippen LogP contribution is -2.36. The Balaban J connectivity index is 2.41. The first kappa shape index (κ1) is 21.6. The Morgan fingerprint density at radius 2 is 1.68 bits per heavy atom. The Bertz CT molecular complexity index is 887. The minimum Gasteiger partial charge on any atom is -0.457 e. The zero-order chi connectivity index (χ0) is 20.4. The number of allylic oxidation sites excluding steroid dienone is 1. The summed E-state index contributed by atoms with van der Waals surface area (Å²) >= 11 is 0. The first-order valence-corrected chi connectivity index (χ1v) is 10.8. The summed E-state index contributed by atoms with van der Waals surface area (Å²) in [6, 6.07) is 17.8. The van der Waals surface area contributed by atoms with Gasteiger partial charge < -0.3 is 4.74 Å². The Morgan fingerprint density at radius 3 is 2.25 bits per heavy atom. The standard InChI is InChI=1S/C23H26O4S/c1-3-4-7-16-23(28(25,26)21-14-10-6-11-15-21)22(27-19(2)24)18-17-20-12-8-5-9-13-20/h3,5-6,8-15,17-18,22-23H,1,4,7,16H2,2H3/b18-17+. The molecule has 0 amide bonds. The number of sulfone groups is 1. The Hall–Kier alpha value is -2.66. The molecule has 0 aromatic heterocycles. The summed E-state index contributed by atoms with van der Waals surface area (Å²) in [5.74, 6) is -0.514. The molecule has 2 unspecified atom stereocenters. The SMILES string of the molecule is C=CCCCC(C(/C=C/c1ccccc1)OC(C)=O)S(=O)(=O)c1ccccc1. The summed E-state index contributed by atoms with van der Waals surface area (Å²) in [5.41, 5.74) is 0.904. The third-order valence-corrected chi connectivity index (χ3v) is 6.54. The number of rotatable bonds is 10. The molecule has 0 aliphatic heterocycles. The number of hydrogen-bond acceptors (Lipinski definition) is 4. The minimum absolute atomic E-state index is 0.226. The Kier molecular flexibility index (Phi) is 8.20. The van der Waals surface area contributed by atoms with E-state index in [9.17, 15) is 13.2 Å². The van der Waals surface area contributed by atoms with Crippen molar-refractivity contribution in [3.8, 4) is 0 Å². The van der Waals surface area contributed by atoms with Crippen LogP contribution in [-0.2, 0) is 19.4 Å². The third kappa shape index (κ3) is 6.20. The van der Waals surface area contributed by atoms with Crippen LogP contribution in [0, 0.1) is 0 Å². The molecule has 0 bridgehead atoms. The number of hydrogen-bond donors (Lipinski definition) is 0. The van der Waals surface area contributed by atoms with Crippen molar-refractivity contribution in [2.45, 2.75) is 42.4 Å². The van der Waals surface area contributed by atoms with Crippen molar-refractivity contribution in [3.05, 3.63) is 85.0 Å². The van der Waals surface area contributed by atoms with E-state index in [1.807, 2.05) is 30.3 Å². The third-order valence-electron chi connectivity index (χ3n) is 4.31. The summed E-state index contributed by atoms with van der Waals surface area (Å²) in [7, 11) is -3.69. The number of carbonyl (C=O) groups is 1. The molecule has 0 saturated heterocycles. The number of esters is 1. The lowest BCUT2D eigenvalue weighted by molar-refractivity contribution is -0.144. The second kappa shape index (κ2) is 10.6. The molecule has 0 radical (unpaired) electrons. The number of benzene rings is 2. The summed E-state index contributed by atoms with van der Waals surface area (Å²) in [5, 5.41) is -0.876. The van der Waals surface area contributed by atoms with Gasteiger partial charge in [0.25, 0.3) is 0 Å². The normalized spacial score (nSPS) is 13.8. The van der Waals surface area contributed by atoms with Crippen LogP contribution in [0.4, 0.5) is 0 Å². The van der Waals surface area contributed by atoms with Crippen LogP contribution in [0.25, 0.3) is 6.08 Å². The maximum absolute atomic E-state index is 13.3. The van der Waals surface area contributed by atoms with E-state index in [0.29, 0.717) is 19.3 Å². The molecule has 4 nitrogen and oxygen atoms in total. The highest BCUT2D eigenvalue weighted by atomic mass is 32.2. The van der Waals surface area contributed by atoms with E-state index < -0.39 is 27.2 Å². The van der Waals surface area contributed by atoms with Crippen molar-refractivity contribution in [1.29, 1.82) is 0 Å². The number of unbranched alkanes of at least 4 members (excludes halogenated alkanes) is 1. The van der Waals surface area contributed by atoms with E-state index in [1.54, 1.807) is 48.6 Å². The van der Waals surface area contributed by atoms with Crippen molar-refractivity contribution in [2.75, 3.05) is 0 Å².